The molecule has 1 rings (SSSR count). The first-order chi connectivity index (χ1) is 5.69. The van der Waals surface area contributed by atoms with Crippen molar-refractivity contribution in [2.45, 2.75) is 39.5 Å². The van der Waals surface area contributed by atoms with Gasteiger partial charge in [-0.25, -0.2) is 0 Å². The third-order valence-electron chi connectivity index (χ3n) is 2.81. The summed E-state index contributed by atoms with van der Waals surface area (Å²) >= 11 is 0. The van der Waals surface area contributed by atoms with Crippen molar-refractivity contribution in [1.82, 2.24) is 0 Å². The molecular formula is C10H16O2. The molecule has 1 fully saturated rings. The van der Waals surface area contributed by atoms with Crippen LogP contribution in [0.3, 0.4) is 0 Å². The highest BCUT2D eigenvalue weighted by atomic mass is 16.1. The number of hydrogen-bond donors (Lipinski definition) is 0. The van der Waals surface area contributed by atoms with Gasteiger partial charge in [0.25, 0.3) is 0 Å². The molecule has 1 saturated carbocycles. The molecule has 0 radical (unpaired) electrons. The molecule has 1 aliphatic rings. The quantitative estimate of drug-likeness (QED) is 0.591. The Kier molecular flexibility index (Phi) is 3.01. The molecule has 0 spiro atoms. The summed E-state index contributed by atoms with van der Waals surface area (Å²) in [5, 5.41) is 0. The smallest absolute Gasteiger partial charge is 0.143 e. The first-order valence-electron chi connectivity index (χ1n) is 4.73. The molecule has 0 amide bonds. The summed E-state index contributed by atoms with van der Waals surface area (Å²) in [7, 11) is 0. The van der Waals surface area contributed by atoms with Gasteiger partial charge in [0, 0.05) is 12.3 Å². The van der Waals surface area contributed by atoms with E-state index in [1.165, 1.54) is 0 Å². The normalized spacial score (nSPS) is 30.8. The van der Waals surface area contributed by atoms with Crippen molar-refractivity contribution in [3.8, 4) is 0 Å². The molecule has 0 aromatic rings. The minimum absolute atomic E-state index is 0.136. The van der Waals surface area contributed by atoms with Gasteiger partial charge < -0.3 is 0 Å². The Balaban J connectivity index is 2.69. The van der Waals surface area contributed by atoms with Crippen LogP contribution in [-0.4, -0.2) is 11.6 Å². The number of carbonyl (C=O) groups is 2. The molecule has 2 atom stereocenters. The van der Waals surface area contributed by atoms with Crippen LogP contribution in [0.15, 0.2) is 0 Å². The fourth-order valence-corrected chi connectivity index (χ4v) is 2.09. The van der Waals surface area contributed by atoms with Gasteiger partial charge in [-0.3, -0.25) is 9.59 Å². The number of Topliss-reactive ketones (excluding diaryl/α,β-unsaturated/α-hetero) is 2. The van der Waals surface area contributed by atoms with Crippen molar-refractivity contribution in [3.63, 3.8) is 0 Å². The van der Waals surface area contributed by atoms with Crippen LogP contribution in [0.25, 0.3) is 0 Å². The van der Waals surface area contributed by atoms with Crippen LogP contribution in [0.2, 0.25) is 0 Å². The third kappa shape index (κ3) is 1.74. The molecule has 0 saturated heterocycles. The van der Waals surface area contributed by atoms with Gasteiger partial charge in [0.1, 0.15) is 11.6 Å². The van der Waals surface area contributed by atoms with Gasteiger partial charge in [-0.1, -0.05) is 20.3 Å². The average molecular weight is 168 g/mol. The van der Waals surface area contributed by atoms with Crippen LogP contribution in [0.5, 0.6) is 0 Å². The van der Waals surface area contributed by atoms with Crippen molar-refractivity contribution >= 4 is 11.6 Å². The molecule has 2 nitrogen and oxygen atoms in total. The van der Waals surface area contributed by atoms with E-state index in [2.05, 4.69) is 6.92 Å². The van der Waals surface area contributed by atoms with Crippen molar-refractivity contribution < 1.29 is 9.59 Å². The summed E-state index contributed by atoms with van der Waals surface area (Å²) in [6.45, 7) is 4.08. The third-order valence-corrected chi connectivity index (χ3v) is 2.81. The second kappa shape index (κ2) is 3.83. The average Bonchev–Trinajstić information content (AvgIpc) is 2.03. The Labute approximate surface area is 73.3 Å². The van der Waals surface area contributed by atoms with Crippen LogP contribution >= 0.6 is 0 Å². The molecule has 68 valence electrons. The van der Waals surface area contributed by atoms with Crippen molar-refractivity contribution in [2.75, 3.05) is 0 Å². The molecule has 0 aromatic carbocycles. The van der Waals surface area contributed by atoms with Gasteiger partial charge in [0.05, 0.1) is 6.42 Å². The predicted molar refractivity (Wildman–Crippen MR) is 46.8 cm³/mol. The maximum atomic E-state index is 11.4. The van der Waals surface area contributed by atoms with E-state index in [0.717, 1.165) is 12.8 Å². The van der Waals surface area contributed by atoms with E-state index in [4.69, 9.17) is 0 Å². The molecule has 0 bridgehead atoms. The Morgan fingerprint density at radius 2 is 1.92 bits per heavy atom. The van der Waals surface area contributed by atoms with E-state index in [1.807, 2.05) is 6.92 Å². The Morgan fingerprint density at radius 3 is 2.42 bits per heavy atom. The van der Waals surface area contributed by atoms with Gasteiger partial charge >= 0.3 is 0 Å². The molecule has 2 unspecified atom stereocenters. The largest absolute Gasteiger partial charge is 0.299 e. The fourth-order valence-electron chi connectivity index (χ4n) is 2.09. The number of ketones is 2. The zero-order valence-corrected chi connectivity index (χ0v) is 7.80. The van der Waals surface area contributed by atoms with E-state index >= 15 is 0 Å². The summed E-state index contributed by atoms with van der Waals surface area (Å²) in [5.74, 6) is 0.786. The molecule has 0 aromatic heterocycles. The van der Waals surface area contributed by atoms with E-state index in [9.17, 15) is 9.59 Å². The van der Waals surface area contributed by atoms with Gasteiger partial charge in [-0.05, 0) is 12.3 Å². The molecule has 0 heterocycles. The van der Waals surface area contributed by atoms with E-state index in [1.54, 1.807) is 0 Å². The topological polar surface area (TPSA) is 34.1 Å². The zero-order chi connectivity index (χ0) is 9.14. The Bertz CT molecular complexity index is 196. The highest BCUT2D eigenvalue weighted by Gasteiger charge is 2.33. The molecule has 0 N–H and O–H groups in total. The maximum Gasteiger partial charge on any atom is 0.143 e. The van der Waals surface area contributed by atoms with E-state index < -0.39 is 0 Å². The first kappa shape index (κ1) is 9.43. The summed E-state index contributed by atoms with van der Waals surface area (Å²) in [5.41, 5.74) is 0. The van der Waals surface area contributed by atoms with Crippen LogP contribution in [0.1, 0.15) is 39.5 Å². The molecule has 2 heteroatoms. The van der Waals surface area contributed by atoms with Crippen molar-refractivity contribution in [2.24, 2.45) is 11.8 Å². The minimum atomic E-state index is 0.136. The molecular weight excluding hydrogens is 152 g/mol. The lowest BCUT2D eigenvalue weighted by Crippen LogP contribution is -2.32. The Morgan fingerprint density at radius 1 is 1.25 bits per heavy atom. The van der Waals surface area contributed by atoms with Gasteiger partial charge in [-0.15, -0.1) is 0 Å². The SMILES string of the molecule is CCC1CC(=O)CC(=O)C1CC. The van der Waals surface area contributed by atoms with Gasteiger partial charge in [0.2, 0.25) is 0 Å². The van der Waals surface area contributed by atoms with E-state index in [-0.39, 0.29) is 23.9 Å². The van der Waals surface area contributed by atoms with Gasteiger partial charge in [0.15, 0.2) is 0 Å². The predicted octanol–water partition coefficient (Wildman–Crippen LogP) is 1.97. The van der Waals surface area contributed by atoms with E-state index in [0.29, 0.717) is 12.3 Å². The summed E-state index contributed by atoms with van der Waals surface area (Å²) in [6, 6.07) is 0. The second-order valence-electron chi connectivity index (χ2n) is 3.57. The lowest BCUT2D eigenvalue weighted by molar-refractivity contribution is -0.135. The fraction of sp³-hybridized carbons (Fsp3) is 0.800. The van der Waals surface area contributed by atoms with Crippen molar-refractivity contribution in [1.29, 1.82) is 0 Å². The summed E-state index contributed by atoms with van der Waals surface area (Å²) in [4.78, 5) is 22.5. The minimum Gasteiger partial charge on any atom is -0.299 e. The summed E-state index contributed by atoms with van der Waals surface area (Å²) in [6.07, 6.45) is 2.66. The Hall–Kier alpha value is -0.660. The summed E-state index contributed by atoms with van der Waals surface area (Å²) < 4.78 is 0. The molecule has 1 aliphatic carbocycles. The molecule has 0 aliphatic heterocycles. The van der Waals surface area contributed by atoms with Crippen LogP contribution < -0.4 is 0 Å². The van der Waals surface area contributed by atoms with Gasteiger partial charge in [-0.2, -0.15) is 0 Å². The number of carbonyl (C=O) groups excluding carboxylic acids is 2. The highest BCUT2D eigenvalue weighted by Crippen LogP contribution is 2.29. The van der Waals surface area contributed by atoms with Crippen LogP contribution in [0.4, 0.5) is 0 Å². The van der Waals surface area contributed by atoms with Crippen LogP contribution in [-0.2, 0) is 9.59 Å². The lowest BCUT2D eigenvalue weighted by atomic mass is 9.75. The lowest BCUT2D eigenvalue weighted by Gasteiger charge is -2.27. The maximum absolute atomic E-state index is 11.4. The molecule has 12 heavy (non-hydrogen) atoms. The van der Waals surface area contributed by atoms with Crippen molar-refractivity contribution in [3.05, 3.63) is 0 Å². The second-order valence-corrected chi connectivity index (χ2v) is 3.57. The number of hydrogen-bond acceptors (Lipinski definition) is 2. The monoisotopic (exact) mass is 168 g/mol. The zero-order valence-electron chi connectivity index (χ0n) is 7.80. The first-order valence-corrected chi connectivity index (χ1v) is 4.73. The van der Waals surface area contributed by atoms with Crippen LogP contribution in [0, 0.1) is 11.8 Å². The standard InChI is InChI=1S/C10H16O2/c1-3-7-5-8(11)6-10(12)9(7)4-2/h7,9H,3-6H2,1-2H3. The number of rotatable bonds is 2. The highest BCUT2D eigenvalue weighted by molar-refractivity contribution is 6.02.